The average molecular weight is 1240 g/mol. The van der Waals surface area contributed by atoms with Gasteiger partial charge < -0.3 is 27.9 Å². The molecular weight excluding hydrogens is 1110 g/mol. The van der Waals surface area contributed by atoms with Crippen LogP contribution < -0.4 is 4.89 Å². The second kappa shape index (κ2) is 67.3. The molecule has 0 aliphatic heterocycles. The summed E-state index contributed by atoms with van der Waals surface area (Å²) in [6.07, 6.45) is 99.2. The molecule has 0 radical (unpaired) electrons. The normalized spacial score (nSPS) is 14.0. The number of ether oxygens (including phenoxy) is 2. The van der Waals surface area contributed by atoms with Gasteiger partial charge in [-0.1, -0.05) is 295 Å². The summed E-state index contributed by atoms with van der Waals surface area (Å²) in [7, 11) is 1.14. The van der Waals surface area contributed by atoms with Crippen LogP contribution in [0.5, 0.6) is 0 Å². The zero-order valence-corrected chi connectivity index (χ0v) is 58.0. The lowest BCUT2D eigenvalue weighted by Gasteiger charge is -2.28. The summed E-state index contributed by atoms with van der Waals surface area (Å²) < 4.78 is 34.3. The first-order chi connectivity index (χ1) is 43.0. The zero-order valence-electron chi connectivity index (χ0n) is 57.1. The highest BCUT2D eigenvalue weighted by Gasteiger charge is 2.22. The maximum atomic E-state index is 12.9. The van der Waals surface area contributed by atoms with Crippen LogP contribution in [0.15, 0.2) is 146 Å². The fourth-order valence-corrected chi connectivity index (χ4v) is 10.2. The van der Waals surface area contributed by atoms with Crippen LogP contribution in [0.3, 0.4) is 0 Å². The molecule has 9 nitrogen and oxygen atoms in total. The van der Waals surface area contributed by atoms with Crippen LogP contribution in [0.25, 0.3) is 0 Å². The first kappa shape index (κ1) is 83.9. The van der Waals surface area contributed by atoms with Gasteiger partial charge in [0.15, 0.2) is 6.10 Å². The van der Waals surface area contributed by atoms with Crippen molar-refractivity contribution in [3.05, 3.63) is 146 Å². The standard InChI is InChI=1S/C78H132NO8P/c1-6-8-10-12-14-16-18-20-22-24-26-28-30-32-33-34-35-36-37-38-39-40-41-42-43-44-45-47-49-51-53-55-57-59-61-63-65-67-69-71-78(81)87-76(75-86-88(82,83)85-73-72-79(3,4)5)74-84-77(80)70-68-66-64-62-60-58-56-54-52-50-48-46-31-29-27-25-23-21-19-17-15-13-11-9-7-2/h8,10,14,16,20,22,25-28,32-33,35-36,38-39,41-42,44-45,49,51,55,57,76H,6-7,9,11-13,15,17-19,21,23-24,29-31,34,37,40,43,46-48,50,52-54,56,58-75H2,1-5H3/b10-8-,16-14-,22-20-,27-25-,28-26-,33-32-,36-35-,39-38-,42-41-,45-44-,51-49-,57-55-. The van der Waals surface area contributed by atoms with E-state index in [0.717, 1.165) is 122 Å². The molecule has 0 N–H and O–H groups in total. The third kappa shape index (κ3) is 71.0. The van der Waals surface area contributed by atoms with Gasteiger partial charge in [0.1, 0.15) is 19.8 Å². The van der Waals surface area contributed by atoms with Crippen molar-refractivity contribution in [2.24, 2.45) is 0 Å². The first-order valence-electron chi connectivity index (χ1n) is 35.5. The number of likely N-dealkylation sites (N-methyl/N-ethyl adjacent to an activating group) is 1. The molecule has 502 valence electrons. The Balaban J connectivity index is 4.15. The smallest absolute Gasteiger partial charge is 0.306 e. The van der Waals surface area contributed by atoms with Gasteiger partial charge in [0, 0.05) is 12.8 Å². The lowest BCUT2D eigenvalue weighted by Crippen LogP contribution is -2.37. The van der Waals surface area contributed by atoms with E-state index >= 15 is 0 Å². The predicted molar refractivity (Wildman–Crippen MR) is 378 cm³/mol. The van der Waals surface area contributed by atoms with Crippen molar-refractivity contribution in [3.63, 3.8) is 0 Å². The van der Waals surface area contributed by atoms with Crippen molar-refractivity contribution in [2.45, 2.75) is 290 Å². The molecule has 88 heavy (non-hydrogen) atoms. The van der Waals surface area contributed by atoms with Crippen molar-refractivity contribution >= 4 is 19.8 Å². The van der Waals surface area contributed by atoms with E-state index < -0.39 is 32.5 Å². The number of phosphoric acid groups is 1. The monoisotopic (exact) mass is 1240 g/mol. The van der Waals surface area contributed by atoms with Crippen LogP contribution in [0.4, 0.5) is 0 Å². The fourth-order valence-electron chi connectivity index (χ4n) is 9.42. The third-order valence-corrected chi connectivity index (χ3v) is 15.8. The molecule has 0 spiro atoms. The zero-order chi connectivity index (χ0) is 64.1. The Hall–Kier alpha value is -4.11. The average Bonchev–Trinajstić information content (AvgIpc) is 3.68. The Kier molecular flexibility index (Phi) is 64.1. The van der Waals surface area contributed by atoms with Gasteiger partial charge in [-0.05, 0) is 122 Å². The van der Waals surface area contributed by atoms with Crippen molar-refractivity contribution in [2.75, 3.05) is 47.5 Å². The molecule has 2 unspecified atom stereocenters. The number of esters is 2. The first-order valence-corrected chi connectivity index (χ1v) is 37.0. The largest absolute Gasteiger partial charge is 0.756 e. The molecule has 0 aliphatic carbocycles. The second-order valence-corrected chi connectivity index (χ2v) is 25.9. The lowest BCUT2D eigenvalue weighted by atomic mass is 10.0. The molecule has 10 heteroatoms. The number of carbonyl (C=O) groups is 2. The van der Waals surface area contributed by atoms with E-state index in [2.05, 4.69) is 160 Å². The van der Waals surface area contributed by atoms with Gasteiger partial charge in [0.05, 0.1) is 27.7 Å². The maximum absolute atomic E-state index is 12.9. The third-order valence-electron chi connectivity index (χ3n) is 14.8. The second-order valence-electron chi connectivity index (χ2n) is 24.5. The molecule has 0 bridgehead atoms. The van der Waals surface area contributed by atoms with E-state index in [4.69, 9.17) is 18.5 Å². The topological polar surface area (TPSA) is 111 Å². The van der Waals surface area contributed by atoms with Crippen molar-refractivity contribution in [1.82, 2.24) is 0 Å². The van der Waals surface area contributed by atoms with Crippen LogP contribution in [0.2, 0.25) is 0 Å². The number of hydrogen-bond acceptors (Lipinski definition) is 8. The van der Waals surface area contributed by atoms with Gasteiger partial charge in [-0.15, -0.1) is 0 Å². The summed E-state index contributed by atoms with van der Waals surface area (Å²) in [6.45, 7) is 4.11. The van der Waals surface area contributed by atoms with Gasteiger partial charge in [-0.2, -0.15) is 0 Å². The summed E-state index contributed by atoms with van der Waals surface area (Å²) in [4.78, 5) is 38.1. The van der Waals surface area contributed by atoms with E-state index in [-0.39, 0.29) is 26.1 Å². The van der Waals surface area contributed by atoms with Gasteiger partial charge in [0.2, 0.25) is 0 Å². The minimum absolute atomic E-state index is 0.0415. The molecule has 0 aromatic carbocycles. The number of rotatable bonds is 64. The summed E-state index contributed by atoms with van der Waals surface area (Å²) in [6, 6.07) is 0. The van der Waals surface area contributed by atoms with E-state index in [1.54, 1.807) is 0 Å². The number of allylic oxidation sites excluding steroid dienone is 24. The molecule has 0 aliphatic rings. The lowest BCUT2D eigenvalue weighted by molar-refractivity contribution is -0.870. The highest BCUT2D eigenvalue weighted by molar-refractivity contribution is 7.45. The Labute approximate surface area is 542 Å². The number of nitrogens with zero attached hydrogens (tertiary/aromatic N) is 1. The number of phosphoric ester groups is 1. The van der Waals surface area contributed by atoms with Crippen LogP contribution >= 0.6 is 7.82 Å². The Morgan fingerprint density at radius 2 is 0.648 bits per heavy atom. The molecule has 0 rings (SSSR count). The van der Waals surface area contributed by atoms with Crippen molar-refractivity contribution in [3.8, 4) is 0 Å². The minimum atomic E-state index is -4.66. The van der Waals surface area contributed by atoms with Crippen LogP contribution in [-0.4, -0.2) is 70.0 Å². The highest BCUT2D eigenvalue weighted by atomic mass is 31.2. The predicted octanol–water partition coefficient (Wildman–Crippen LogP) is 22.7. The van der Waals surface area contributed by atoms with E-state index in [9.17, 15) is 19.0 Å². The van der Waals surface area contributed by atoms with Gasteiger partial charge in [-0.3, -0.25) is 14.2 Å². The van der Waals surface area contributed by atoms with Crippen LogP contribution in [0, 0.1) is 0 Å². The molecule has 0 heterocycles. The summed E-state index contributed by atoms with van der Waals surface area (Å²) in [5.41, 5.74) is 0. The number of carbonyl (C=O) groups excluding carboxylic acids is 2. The highest BCUT2D eigenvalue weighted by Crippen LogP contribution is 2.38. The molecule has 0 aromatic heterocycles. The number of hydrogen-bond donors (Lipinski definition) is 0. The van der Waals surface area contributed by atoms with E-state index in [1.807, 2.05) is 21.1 Å². The van der Waals surface area contributed by atoms with Crippen LogP contribution in [0.1, 0.15) is 284 Å². The summed E-state index contributed by atoms with van der Waals surface area (Å²) in [5, 5.41) is 0. The summed E-state index contributed by atoms with van der Waals surface area (Å²) >= 11 is 0. The molecule has 0 amide bonds. The van der Waals surface area contributed by atoms with E-state index in [0.29, 0.717) is 17.4 Å². The SMILES string of the molecule is CC/C=C\C/C=C\C/C=C\C/C=C\C/C=C\C/C=C\C/C=C\C/C=C\C/C=C\C/C=C\C/C=C\CCCCCCCC(=O)OC(COC(=O)CCCCCCCCCCCCCCC/C=C\CCCCCCCCCC)COP(=O)([O-])OCC[N+](C)(C)C. The Morgan fingerprint density at radius 3 is 0.977 bits per heavy atom. The quantitative estimate of drug-likeness (QED) is 0.0195. The minimum Gasteiger partial charge on any atom is -0.756 e. The van der Waals surface area contributed by atoms with Gasteiger partial charge in [-0.25, -0.2) is 0 Å². The molecule has 2 atom stereocenters. The number of quaternary nitrogens is 1. The molecule has 0 saturated carbocycles. The number of unbranched alkanes of at least 4 members (excludes halogenated alkanes) is 26. The van der Waals surface area contributed by atoms with Crippen LogP contribution in [-0.2, 0) is 32.7 Å². The molecule has 0 fully saturated rings. The molecular formula is C78H132NO8P. The van der Waals surface area contributed by atoms with Crippen molar-refractivity contribution in [1.29, 1.82) is 0 Å². The molecule has 0 saturated heterocycles. The Bertz CT molecular complexity index is 2000. The van der Waals surface area contributed by atoms with Crippen molar-refractivity contribution < 1.29 is 42.1 Å². The fraction of sp³-hybridized carbons (Fsp3) is 0.667. The molecule has 0 aromatic rings. The Morgan fingerprint density at radius 1 is 0.364 bits per heavy atom. The van der Waals surface area contributed by atoms with E-state index in [1.165, 1.54) is 128 Å². The van der Waals surface area contributed by atoms with Gasteiger partial charge in [0.25, 0.3) is 7.82 Å². The maximum Gasteiger partial charge on any atom is 0.306 e. The summed E-state index contributed by atoms with van der Waals surface area (Å²) in [5.74, 6) is -0.858. The van der Waals surface area contributed by atoms with Gasteiger partial charge >= 0.3 is 11.9 Å².